The molecule has 3 aliphatic heterocycles. The molecule has 1 aromatic rings. The lowest BCUT2D eigenvalue weighted by Crippen LogP contribution is -2.66. The number of carbonyl (C=O) groups is 13. The molecule has 3 fully saturated rings. The number of nitrogens with zero attached hydrogens (tertiary/aromatic N) is 2. The van der Waals surface area contributed by atoms with Crippen LogP contribution in [-0.2, 0) is 161 Å². The van der Waals surface area contributed by atoms with Crippen LogP contribution in [0, 0.1) is 11.3 Å². The smallest absolute Gasteiger partial charge is 0.303 e. The Morgan fingerprint density at radius 2 is 0.686 bits per heavy atom. The molecule has 684 valence electrons. The molecule has 45 heteroatoms. The standard InChI is InChI=1S/C76H117N6O38P/c1-43(2)82(44(3)4)121(110-20-17-18-77)111-37-30-97-23-22-96-21-19-78-73(95)57-38-58(101-31-24-98-27-34-104-74-63(79-45(5)83)70(115-54(14)92)67(112-51(11)89)60(118-74)40-107-48(8)86)66(103-33-26-100-29-36-106-76-65(81-47(7)85)72(117-56(16)94)69(114-53(13)91)62(120-76)42-109-50(10)88)59(39-57)102-32-25-99-28-35-105-75-64(80-46(6)84)71(116-55(15)93)68(113-52(12)90)61(119-75)41-108-49(9)87/h38-39,43-44,60-65,67-72,74-76H,17,19-37,40-42H2,1-16H3,(H,78,95)(H,79,83)(H,80,84)(H,81,85)/t60-,61-,62-,63-,64-,65-,67+,68+,69+,70-,71-,72-,74-,75-,76-,121?/m1/s1. The van der Waals surface area contributed by atoms with Crippen molar-refractivity contribution < 1.29 is 180 Å². The van der Waals surface area contributed by atoms with E-state index in [2.05, 4.69) is 32.0 Å². The van der Waals surface area contributed by atoms with E-state index >= 15 is 0 Å². The lowest BCUT2D eigenvalue weighted by atomic mass is 9.96. The molecule has 0 bridgehead atoms. The summed E-state index contributed by atoms with van der Waals surface area (Å²) < 4.78 is 148. The van der Waals surface area contributed by atoms with Gasteiger partial charge in [0.15, 0.2) is 67.0 Å². The number of esters is 9. The molecule has 4 rings (SSSR count). The first-order valence-corrected chi connectivity index (χ1v) is 40.1. The molecule has 16 atom stereocenters. The molecule has 3 heterocycles. The van der Waals surface area contributed by atoms with Crippen molar-refractivity contribution >= 4 is 85.9 Å². The van der Waals surface area contributed by atoms with Crippen molar-refractivity contribution in [3.63, 3.8) is 0 Å². The van der Waals surface area contributed by atoms with Crippen LogP contribution in [0.15, 0.2) is 12.1 Å². The minimum Gasteiger partial charge on any atom is -0.487 e. The molecule has 0 spiro atoms. The molecule has 3 saturated heterocycles. The quantitative estimate of drug-likeness (QED) is 0.0305. The molecule has 4 amide bonds. The van der Waals surface area contributed by atoms with E-state index in [9.17, 15) is 62.3 Å². The Hall–Kier alpha value is -8.91. The van der Waals surface area contributed by atoms with Crippen molar-refractivity contribution in [2.75, 3.05) is 145 Å². The van der Waals surface area contributed by atoms with Gasteiger partial charge in [0.2, 0.25) is 23.5 Å². The van der Waals surface area contributed by atoms with Crippen LogP contribution in [0.5, 0.6) is 17.2 Å². The highest BCUT2D eigenvalue weighted by molar-refractivity contribution is 7.44. The van der Waals surface area contributed by atoms with E-state index in [1.54, 1.807) is 0 Å². The molecule has 3 aliphatic rings. The summed E-state index contributed by atoms with van der Waals surface area (Å²) in [6.45, 7) is 18.3. The van der Waals surface area contributed by atoms with E-state index in [4.69, 9.17) is 123 Å². The Balaban J connectivity index is 1.65. The van der Waals surface area contributed by atoms with Crippen LogP contribution < -0.4 is 35.5 Å². The van der Waals surface area contributed by atoms with Crippen molar-refractivity contribution in [1.29, 1.82) is 5.26 Å². The Kier molecular flexibility index (Phi) is 48.9. The molecule has 4 N–H and O–H groups in total. The van der Waals surface area contributed by atoms with Gasteiger partial charge < -0.3 is 139 Å². The summed E-state index contributed by atoms with van der Waals surface area (Å²) in [4.78, 5) is 162. The summed E-state index contributed by atoms with van der Waals surface area (Å²) in [6.07, 6.45) is -16.2. The van der Waals surface area contributed by atoms with Gasteiger partial charge in [0.25, 0.3) is 14.4 Å². The second-order valence-corrected chi connectivity index (χ2v) is 28.8. The summed E-state index contributed by atoms with van der Waals surface area (Å²) in [6, 6.07) is 1.15. The maximum atomic E-state index is 14.3. The number of ether oxygens (including phenoxy) is 23. The van der Waals surface area contributed by atoms with Gasteiger partial charge in [0.05, 0.1) is 112 Å². The first kappa shape index (κ1) is 104. The molecule has 121 heavy (non-hydrogen) atoms. The van der Waals surface area contributed by atoms with Gasteiger partial charge in [-0.15, -0.1) is 0 Å². The minimum atomic E-state index is -1.48. The number of nitrogens with one attached hydrogen (secondary N) is 4. The Bertz CT molecular complexity index is 3360. The number of carbonyl (C=O) groups excluding carboxylic acids is 13. The van der Waals surface area contributed by atoms with Gasteiger partial charge in [-0.25, -0.2) is 4.67 Å². The fourth-order valence-electron chi connectivity index (χ4n) is 12.1. The van der Waals surface area contributed by atoms with Crippen molar-refractivity contribution in [3.8, 4) is 23.3 Å². The van der Waals surface area contributed by atoms with Crippen LogP contribution >= 0.6 is 8.53 Å². The Labute approximate surface area is 702 Å². The summed E-state index contributed by atoms with van der Waals surface area (Å²) in [5.74, 6) is -9.77. The van der Waals surface area contributed by atoms with Crippen molar-refractivity contribution in [1.82, 2.24) is 25.9 Å². The van der Waals surface area contributed by atoms with Gasteiger partial charge in [-0.05, 0) is 39.8 Å². The number of rotatable bonds is 56. The van der Waals surface area contributed by atoms with E-state index < -0.39 is 198 Å². The first-order valence-electron chi connectivity index (χ1n) is 39.0. The third kappa shape index (κ3) is 39.9. The predicted octanol–water partition coefficient (Wildman–Crippen LogP) is 0.946. The summed E-state index contributed by atoms with van der Waals surface area (Å²) >= 11 is 0. The highest BCUT2D eigenvalue weighted by Crippen LogP contribution is 2.46. The monoisotopic (exact) mass is 1750 g/mol. The topological polar surface area (TPSA) is 528 Å². The lowest BCUT2D eigenvalue weighted by molar-refractivity contribution is -0.279. The molecule has 0 radical (unpaired) electrons. The fourth-order valence-corrected chi connectivity index (χ4v) is 13.7. The van der Waals surface area contributed by atoms with E-state index in [1.165, 1.54) is 32.9 Å². The SMILES string of the molecule is CC(=O)N[C@H]1[C@H](OCCOCCOc2cc(C(=O)NCCOCCOCCOP(OCCC#N)N(C(C)C)C(C)C)cc(OCCOCCO[C@@H]3O[C@H](COC(C)=O)[C@H](OC(C)=O)[C@H](OC(C)=O)[C@H]3NC(C)=O)c2OCCOCCO[C@@H]2O[C@H](COC(C)=O)[C@H](OC(C)=O)[C@H](OC(C)=O)[C@H]2NC(C)=O)O[C@H](COC(C)=O)[C@H](OC(C)=O)[C@@H]1OC(C)=O. The second kappa shape index (κ2) is 56.7. The minimum absolute atomic E-state index is 0.00972. The van der Waals surface area contributed by atoms with Crippen LogP contribution in [-0.4, -0.2) is 331 Å². The average molecular weight is 1750 g/mol. The summed E-state index contributed by atoms with van der Waals surface area (Å²) in [5.41, 5.74) is -0.0251. The van der Waals surface area contributed by atoms with Crippen LogP contribution in [0.25, 0.3) is 0 Å². The number of hydrogen-bond donors (Lipinski definition) is 4. The molecular weight excluding hydrogens is 1640 g/mol. The highest BCUT2D eigenvalue weighted by Gasteiger charge is 2.54. The van der Waals surface area contributed by atoms with Crippen molar-refractivity contribution in [3.05, 3.63) is 17.7 Å². The molecule has 44 nitrogen and oxygen atoms in total. The van der Waals surface area contributed by atoms with Crippen molar-refractivity contribution in [2.45, 2.75) is 221 Å². The maximum absolute atomic E-state index is 14.3. The van der Waals surface area contributed by atoms with Gasteiger partial charge in [-0.2, -0.15) is 5.26 Å². The molecule has 0 aromatic heterocycles. The zero-order valence-electron chi connectivity index (χ0n) is 71.1. The largest absolute Gasteiger partial charge is 0.487 e. The first-order chi connectivity index (χ1) is 57.5. The Morgan fingerprint density at radius 1 is 0.388 bits per heavy atom. The molecule has 0 aliphatic carbocycles. The zero-order chi connectivity index (χ0) is 89.7. The van der Waals surface area contributed by atoms with E-state index in [0.717, 1.165) is 62.3 Å². The van der Waals surface area contributed by atoms with E-state index in [1.807, 2.05) is 27.7 Å². The van der Waals surface area contributed by atoms with Gasteiger partial charge >= 0.3 is 53.7 Å². The van der Waals surface area contributed by atoms with Crippen LogP contribution in [0.1, 0.15) is 128 Å². The van der Waals surface area contributed by atoms with Crippen molar-refractivity contribution in [2.24, 2.45) is 0 Å². The molecule has 0 saturated carbocycles. The number of benzene rings is 1. The van der Waals surface area contributed by atoms with Gasteiger partial charge in [0.1, 0.15) is 76.1 Å². The van der Waals surface area contributed by atoms with Gasteiger partial charge in [-0.1, -0.05) is 0 Å². The average Bonchev–Trinajstić information content (AvgIpc) is 0.791. The van der Waals surface area contributed by atoms with Crippen LogP contribution in [0.4, 0.5) is 0 Å². The third-order valence-electron chi connectivity index (χ3n) is 16.5. The zero-order valence-corrected chi connectivity index (χ0v) is 72.0. The maximum Gasteiger partial charge on any atom is 0.303 e. The van der Waals surface area contributed by atoms with Crippen LogP contribution in [0.2, 0.25) is 0 Å². The number of amides is 4. The number of hydrogen-bond acceptors (Lipinski definition) is 40. The Morgan fingerprint density at radius 3 is 1.00 bits per heavy atom. The molecule has 1 unspecified atom stereocenters. The summed E-state index contributed by atoms with van der Waals surface area (Å²) in [7, 11) is -1.48. The normalized spacial score (nSPS) is 22.7. The van der Waals surface area contributed by atoms with Gasteiger partial charge in [-0.3, -0.25) is 62.3 Å². The molecule has 1 aromatic carbocycles. The lowest BCUT2D eigenvalue weighted by Gasteiger charge is -2.44. The van der Waals surface area contributed by atoms with Gasteiger partial charge in [0, 0.05) is 107 Å². The van der Waals surface area contributed by atoms with E-state index in [0.29, 0.717) is 0 Å². The van der Waals surface area contributed by atoms with E-state index in [-0.39, 0.29) is 167 Å². The molecular formula is C76H117N6O38P. The predicted molar refractivity (Wildman–Crippen MR) is 410 cm³/mol. The third-order valence-corrected chi connectivity index (χ3v) is 18.6. The summed E-state index contributed by atoms with van der Waals surface area (Å²) in [5, 5.41) is 19.7. The number of nitriles is 1. The fraction of sp³-hybridized carbons (Fsp3) is 0.737. The van der Waals surface area contributed by atoms with Crippen LogP contribution in [0.3, 0.4) is 0 Å². The highest BCUT2D eigenvalue weighted by atomic mass is 31.2. The second-order valence-electron chi connectivity index (χ2n) is 27.3.